The molecule has 1 aromatic rings. The average molecular weight is 264 g/mol. The number of aryl methyl sites for hydroxylation is 1. The minimum Gasteiger partial charge on any atom is -0.349 e. The molecule has 1 aliphatic heterocycles. The van der Waals surface area contributed by atoms with Crippen molar-refractivity contribution in [1.29, 1.82) is 0 Å². The van der Waals surface area contributed by atoms with Gasteiger partial charge in [0, 0.05) is 6.04 Å². The Labute approximate surface area is 113 Å². The zero-order chi connectivity index (χ0) is 13.8. The Morgan fingerprint density at radius 1 is 1.42 bits per heavy atom. The van der Waals surface area contributed by atoms with E-state index in [1.54, 1.807) is 19.1 Å². The second-order valence-electron chi connectivity index (χ2n) is 5.29. The Morgan fingerprint density at radius 3 is 2.79 bits per heavy atom. The van der Waals surface area contributed by atoms with E-state index >= 15 is 0 Å². The number of halogens is 1. The van der Waals surface area contributed by atoms with Gasteiger partial charge in [-0.3, -0.25) is 4.79 Å². The normalized spacial score (nSPS) is 18.1. The Balaban J connectivity index is 2.02. The number of amides is 1. The minimum absolute atomic E-state index is 0.0783. The molecule has 1 atom stereocenters. The summed E-state index contributed by atoms with van der Waals surface area (Å²) in [6, 6.07) is 4.99. The van der Waals surface area contributed by atoms with Crippen LogP contribution in [0.2, 0.25) is 0 Å². The van der Waals surface area contributed by atoms with Gasteiger partial charge in [-0.2, -0.15) is 0 Å². The van der Waals surface area contributed by atoms with E-state index in [9.17, 15) is 9.18 Å². The summed E-state index contributed by atoms with van der Waals surface area (Å²) in [7, 11) is 0. The van der Waals surface area contributed by atoms with Gasteiger partial charge >= 0.3 is 0 Å². The second-order valence-corrected chi connectivity index (χ2v) is 5.29. The molecule has 1 aromatic carbocycles. The van der Waals surface area contributed by atoms with E-state index in [-0.39, 0.29) is 17.5 Å². The lowest BCUT2D eigenvalue weighted by atomic mass is 9.91. The van der Waals surface area contributed by atoms with Gasteiger partial charge in [0.2, 0.25) is 0 Å². The number of benzene rings is 1. The second kappa shape index (κ2) is 6.15. The summed E-state index contributed by atoms with van der Waals surface area (Å²) in [6.45, 7) is 5.65. The third-order valence-electron chi connectivity index (χ3n) is 3.89. The molecule has 2 N–H and O–H groups in total. The molecule has 1 saturated heterocycles. The van der Waals surface area contributed by atoms with Gasteiger partial charge < -0.3 is 10.6 Å². The SMILES string of the molecule is Cc1cccc(C(=O)NC(C)C2CCNCC2)c1F. The predicted octanol–water partition coefficient (Wildman–Crippen LogP) is 2.25. The molecule has 1 heterocycles. The molecule has 0 bridgehead atoms. The van der Waals surface area contributed by atoms with Crippen molar-refractivity contribution in [2.45, 2.75) is 32.7 Å². The zero-order valence-electron chi connectivity index (χ0n) is 11.5. The highest BCUT2D eigenvalue weighted by molar-refractivity contribution is 5.94. The highest BCUT2D eigenvalue weighted by Crippen LogP contribution is 2.17. The Morgan fingerprint density at radius 2 is 2.11 bits per heavy atom. The van der Waals surface area contributed by atoms with Crippen LogP contribution in [0.3, 0.4) is 0 Å². The van der Waals surface area contributed by atoms with Crippen LogP contribution in [0.1, 0.15) is 35.7 Å². The van der Waals surface area contributed by atoms with Crippen molar-refractivity contribution < 1.29 is 9.18 Å². The maximum atomic E-state index is 13.9. The number of piperidine rings is 1. The first kappa shape index (κ1) is 14.0. The summed E-state index contributed by atoms with van der Waals surface area (Å²) in [5.74, 6) is -0.261. The number of nitrogens with one attached hydrogen (secondary N) is 2. The van der Waals surface area contributed by atoms with Crippen LogP contribution in [0.4, 0.5) is 4.39 Å². The maximum absolute atomic E-state index is 13.9. The van der Waals surface area contributed by atoms with Crippen molar-refractivity contribution in [2.75, 3.05) is 13.1 Å². The maximum Gasteiger partial charge on any atom is 0.254 e. The van der Waals surface area contributed by atoms with Crippen LogP contribution in [0, 0.1) is 18.7 Å². The van der Waals surface area contributed by atoms with Gasteiger partial charge in [0.25, 0.3) is 5.91 Å². The van der Waals surface area contributed by atoms with E-state index in [1.165, 1.54) is 6.07 Å². The molecule has 0 saturated carbocycles. The standard InChI is InChI=1S/C15H21FN2O/c1-10-4-3-5-13(14(10)16)15(19)18-11(2)12-6-8-17-9-7-12/h3-5,11-12,17H,6-9H2,1-2H3,(H,18,19). The molecule has 0 aromatic heterocycles. The predicted molar refractivity (Wildman–Crippen MR) is 73.7 cm³/mol. The first-order chi connectivity index (χ1) is 9.09. The fourth-order valence-electron chi connectivity index (χ4n) is 2.57. The highest BCUT2D eigenvalue weighted by atomic mass is 19.1. The van der Waals surface area contributed by atoms with Crippen LogP contribution in [-0.4, -0.2) is 25.0 Å². The molecular weight excluding hydrogens is 243 g/mol. The highest BCUT2D eigenvalue weighted by Gasteiger charge is 2.22. The fraction of sp³-hybridized carbons (Fsp3) is 0.533. The van der Waals surface area contributed by atoms with Gasteiger partial charge in [-0.05, 0) is 57.3 Å². The zero-order valence-corrected chi connectivity index (χ0v) is 11.5. The Hall–Kier alpha value is -1.42. The largest absolute Gasteiger partial charge is 0.349 e. The lowest BCUT2D eigenvalue weighted by molar-refractivity contribution is 0.0916. The van der Waals surface area contributed by atoms with Gasteiger partial charge in [-0.25, -0.2) is 4.39 Å². The smallest absolute Gasteiger partial charge is 0.254 e. The van der Waals surface area contributed by atoms with Crippen LogP contribution in [0.25, 0.3) is 0 Å². The van der Waals surface area contributed by atoms with Crippen molar-refractivity contribution >= 4 is 5.91 Å². The molecule has 3 nitrogen and oxygen atoms in total. The molecule has 19 heavy (non-hydrogen) atoms. The molecule has 1 fully saturated rings. The summed E-state index contributed by atoms with van der Waals surface area (Å²) in [4.78, 5) is 12.1. The van der Waals surface area contributed by atoms with E-state index in [0.717, 1.165) is 25.9 Å². The van der Waals surface area contributed by atoms with E-state index in [4.69, 9.17) is 0 Å². The van der Waals surface area contributed by atoms with Gasteiger partial charge in [-0.1, -0.05) is 12.1 Å². The summed E-state index contributed by atoms with van der Waals surface area (Å²) < 4.78 is 13.9. The van der Waals surface area contributed by atoms with Crippen molar-refractivity contribution in [3.05, 3.63) is 35.1 Å². The van der Waals surface area contributed by atoms with Crippen molar-refractivity contribution in [2.24, 2.45) is 5.92 Å². The van der Waals surface area contributed by atoms with Crippen LogP contribution >= 0.6 is 0 Å². The first-order valence-corrected chi connectivity index (χ1v) is 6.86. The molecule has 0 spiro atoms. The van der Waals surface area contributed by atoms with E-state index in [0.29, 0.717) is 11.5 Å². The lowest BCUT2D eigenvalue weighted by Crippen LogP contribution is -2.42. The number of hydrogen-bond donors (Lipinski definition) is 2. The van der Waals surface area contributed by atoms with Crippen molar-refractivity contribution in [3.63, 3.8) is 0 Å². The van der Waals surface area contributed by atoms with Gasteiger partial charge in [-0.15, -0.1) is 0 Å². The summed E-state index contributed by atoms with van der Waals surface area (Å²) in [6.07, 6.45) is 2.11. The van der Waals surface area contributed by atoms with E-state index in [1.807, 2.05) is 6.92 Å². The molecule has 2 rings (SSSR count). The summed E-state index contributed by atoms with van der Waals surface area (Å²) >= 11 is 0. The van der Waals surface area contributed by atoms with Crippen molar-refractivity contribution in [3.8, 4) is 0 Å². The molecule has 1 amide bonds. The molecule has 0 aliphatic carbocycles. The minimum atomic E-state index is -0.419. The molecule has 104 valence electrons. The Kier molecular flexibility index (Phi) is 4.53. The van der Waals surface area contributed by atoms with Gasteiger partial charge in [0.05, 0.1) is 5.56 Å². The van der Waals surface area contributed by atoms with Crippen LogP contribution in [-0.2, 0) is 0 Å². The third-order valence-corrected chi connectivity index (χ3v) is 3.89. The van der Waals surface area contributed by atoms with Crippen molar-refractivity contribution in [1.82, 2.24) is 10.6 Å². The molecular formula is C15H21FN2O. The molecule has 1 aliphatic rings. The van der Waals surface area contributed by atoms with Crippen LogP contribution in [0.5, 0.6) is 0 Å². The fourth-order valence-corrected chi connectivity index (χ4v) is 2.57. The number of hydrogen-bond acceptors (Lipinski definition) is 2. The molecule has 1 unspecified atom stereocenters. The molecule has 4 heteroatoms. The van der Waals surface area contributed by atoms with Gasteiger partial charge in [0.1, 0.15) is 5.82 Å². The Bertz CT molecular complexity index is 455. The topological polar surface area (TPSA) is 41.1 Å². The van der Waals surface area contributed by atoms with Gasteiger partial charge in [0.15, 0.2) is 0 Å². The summed E-state index contributed by atoms with van der Waals surface area (Å²) in [5, 5.41) is 6.23. The lowest BCUT2D eigenvalue weighted by Gasteiger charge is -2.28. The number of rotatable bonds is 3. The van der Waals surface area contributed by atoms with E-state index in [2.05, 4.69) is 10.6 Å². The van der Waals surface area contributed by atoms with Crippen LogP contribution < -0.4 is 10.6 Å². The quantitative estimate of drug-likeness (QED) is 0.879. The summed E-state index contributed by atoms with van der Waals surface area (Å²) in [5.41, 5.74) is 0.642. The van der Waals surface area contributed by atoms with E-state index < -0.39 is 5.82 Å². The number of carbonyl (C=O) groups excluding carboxylic acids is 1. The third kappa shape index (κ3) is 3.32. The monoisotopic (exact) mass is 264 g/mol. The number of carbonyl (C=O) groups is 1. The first-order valence-electron chi connectivity index (χ1n) is 6.86. The average Bonchev–Trinajstić information content (AvgIpc) is 2.42. The van der Waals surface area contributed by atoms with Crippen LogP contribution in [0.15, 0.2) is 18.2 Å². The molecule has 0 radical (unpaired) electrons.